The van der Waals surface area contributed by atoms with Crippen LogP contribution in [0.4, 0.5) is 0 Å². The molecule has 3 aromatic rings. The minimum absolute atomic E-state index is 0.105. The van der Waals surface area contributed by atoms with Crippen molar-refractivity contribution in [3.05, 3.63) is 62.4 Å². The smallest absolute Gasteiger partial charge is 0.303 e. The molecule has 0 atom stereocenters. The topological polar surface area (TPSA) is 63.3 Å². The largest absolute Gasteiger partial charge is 0.481 e. The van der Waals surface area contributed by atoms with Gasteiger partial charge in [0.2, 0.25) is 0 Å². The van der Waals surface area contributed by atoms with E-state index in [4.69, 9.17) is 55.9 Å². The van der Waals surface area contributed by atoms with Gasteiger partial charge in [-0.3, -0.25) is 4.79 Å². The number of oxazole rings is 1. The van der Waals surface area contributed by atoms with Crippen LogP contribution in [0.5, 0.6) is 0 Å². The molecule has 0 unspecified atom stereocenters. The van der Waals surface area contributed by atoms with Crippen molar-refractivity contribution in [3.8, 4) is 22.6 Å². The molecule has 0 fully saturated rings. The number of halogens is 4. The van der Waals surface area contributed by atoms with Gasteiger partial charge in [-0.05, 0) is 36.4 Å². The first-order valence-electron chi connectivity index (χ1n) is 7.46. The third kappa shape index (κ3) is 4.51. The number of aryl methyl sites for hydroxylation is 1. The van der Waals surface area contributed by atoms with E-state index >= 15 is 0 Å². The van der Waals surface area contributed by atoms with E-state index in [1.165, 1.54) is 0 Å². The van der Waals surface area contributed by atoms with E-state index in [1.807, 2.05) is 0 Å². The Morgan fingerprint density at radius 2 is 1.38 bits per heavy atom. The number of aromatic nitrogens is 1. The maximum atomic E-state index is 10.8. The molecule has 4 nitrogen and oxygen atoms in total. The molecule has 3 rings (SSSR count). The lowest BCUT2D eigenvalue weighted by molar-refractivity contribution is -0.137. The van der Waals surface area contributed by atoms with Crippen LogP contribution < -0.4 is 0 Å². The van der Waals surface area contributed by atoms with Crippen molar-refractivity contribution in [2.45, 2.75) is 12.8 Å². The highest BCUT2D eigenvalue weighted by atomic mass is 35.5. The van der Waals surface area contributed by atoms with Crippen LogP contribution >= 0.6 is 46.4 Å². The molecule has 0 amide bonds. The molecule has 0 saturated heterocycles. The Labute approximate surface area is 169 Å². The van der Waals surface area contributed by atoms with E-state index in [1.54, 1.807) is 36.4 Å². The second-order valence-electron chi connectivity index (χ2n) is 5.50. The molecule has 1 N–H and O–H groups in total. The maximum absolute atomic E-state index is 10.8. The molecule has 8 heteroatoms. The fourth-order valence-electron chi connectivity index (χ4n) is 2.45. The predicted octanol–water partition coefficient (Wildman–Crippen LogP) is 6.64. The summed E-state index contributed by atoms with van der Waals surface area (Å²) >= 11 is 24.4. The van der Waals surface area contributed by atoms with E-state index in [-0.39, 0.29) is 18.7 Å². The summed E-state index contributed by atoms with van der Waals surface area (Å²) in [7, 11) is 0. The molecule has 0 saturated carbocycles. The number of carboxylic acids is 1. The van der Waals surface area contributed by atoms with Gasteiger partial charge in [0.05, 0.1) is 6.42 Å². The van der Waals surface area contributed by atoms with Gasteiger partial charge < -0.3 is 9.52 Å². The quantitative estimate of drug-likeness (QED) is 0.492. The minimum atomic E-state index is -0.942. The van der Waals surface area contributed by atoms with Gasteiger partial charge in [0.25, 0.3) is 0 Å². The van der Waals surface area contributed by atoms with Crippen molar-refractivity contribution in [2.24, 2.45) is 0 Å². The molecule has 0 aliphatic carbocycles. The fraction of sp³-hybridized carbons (Fsp3) is 0.111. The lowest BCUT2D eigenvalue weighted by atomic mass is 10.1. The van der Waals surface area contributed by atoms with E-state index < -0.39 is 5.97 Å². The monoisotopic (exact) mass is 429 g/mol. The first-order chi connectivity index (χ1) is 12.3. The van der Waals surface area contributed by atoms with Crippen molar-refractivity contribution in [2.75, 3.05) is 0 Å². The van der Waals surface area contributed by atoms with E-state index in [2.05, 4.69) is 4.98 Å². The zero-order valence-corrected chi connectivity index (χ0v) is 16.1. The molecule has 0 aliphatic heterocycles. The van der Waals surface area contributed by atoms with Gasteiger partial charge in [-0.2, -0.15) is 0 Å². The fourth-order valence-corrected chi connectivity index (χ4v) is 3.50. The van der Waals surface area contributed by atoms with Crippen molar-refractivity contribution < 1.29 is 14.3 Å². The highest BCUT2D eigenvalue weighted by Crippen LogP contribution is 2.37. The molecule has 0 aliphatic rings. The number of nitrogens with zero attached hydrogens (tertiary/aromatic N) is 1. The zero-order valence-electron chi connectivity index (χ0n) is 13.1. The number of hydrogen-bond acceptors (Lipinski definition) is 3. The molecule has 134 valence electrons. The molecule has 0 spiro atoms. The molecular formula is C18H11Cl4NO3. The van der Waals surface area contributed by atoms with Crippen molar-refractivity contribution in [1.29, 1.82) is 0 Å². The lowest BCUT2D eigenvalue weighted by Crippen LogP contribution is -1.97. The number of rotatable bonds is 5. The number of carbonyl (C=O) groups is 1. The van der Waals surface area contributed by atoms with Crippen LogP contribution in [0.3, 0.4) is 0 Å². The SMILES string of the molecule is O=C(O)CCc1nc(-c2cc(Cl)cc(Cl)c2)c(-c2cc(Cl)cc(Cl)c2)o1. The molecule has 0 radical (unpaired) electrons. The number of benzene rings is 2. The van der Waals surface area contributed by atoms with Crippen LogP contribution in [0.15, 0.2) is 40.8 Å². The van der Waals surface area contributed by atoms with Crippen LogP contribution in [-0.4, -0.2) is 16.1 Å². The van der Waals surface area contributed by atoms with Gasteiger partial charge in [-0.1, -0.05) is 46.4 Å². The van der Waals surface area contributed by atoms with Crippen molar-refractivity contribution >= 4 is 52.4 Å². The standard InChI is InChI=1S/C18H11Cl4NO3/c19-11-3-9(4-12(20)7-11)17-18(10-5-13(21)8-14(22)6-10)26-15(23-17)1-2-16(24)25/h3-8H,1-2H2,(H,24,25). The van der Waals surface area contributed by atoms with Gasteiger partial charge in [0, 0.05) is 37.6 Å². The highest BCUT2D eigenvalue weighted by Gasteiger charge is 2.19. The van der Waals surface area contributed by atoms with Crippen LogP contribution in [-0.2, 0) is 11.2 Å². The summed E-state index contributed by atoms with van der Waals surface area (Å²) in [6.45, 7) is 0. The number of aliphatic carboxylic acids is 1. The molecule has 0 bridgehead atoms. The van der Waals surface area contributed by atoms with Gasteiger partial charge in [0.15, 0.2) is 11.7 Å². The first kappa shape index (κ1) is 19.1. The molecule has 1 aromatic heterocycles. The second-order valence-corrected chi connectivity index (χ2v) is 7.24. The zero-order chi connectivity index (χ0) is 18.8. The molecule has 26 heavy (non-hydrogen) atoms. The Morgan fingerprint density at radius 3 is 1.88 bits per heavy atom. The predicted molar refractivity (Wildman–Crippen MR) is 103 cm³/mol. The highest BCUT2D eigenvalue weighted by molar-refractivity contribution is 6.35. The Morgan fingerprint density at radius 1 is 0.885 bits per heavy atom. The summed E-state index contributed by atoms with van der Waals surface area (Å²) < 4.78 is 5.82. The van der Waals surface area contributed by atoms with Gasteiger partial charge in [0.1, 0.15) is 5.69 Å². The van der Waals surface area contributed by atoms with Crippen molar-refractivity contribution in [3.63, 3.8) is 0 Å². The Hall–Kier alpha value is -1.72. The normalized spacial score (nSPS) is 10.9. The average molecular weight is 431 g/mol. The maximum Gasteiger partial charge on any atom is 0.303 e. The Bertz CT molecular complexity index is 875. The average Bonchev–Trinajstić information content (AvgIpc) is 2.95. The summed E-state index contributed by atoms with van der Waals surface area (Å²) in [5.74, 6) is -0.249. The van der Waals surface area contributed by atoms with Crippen LogP contribution in [0, 0.1) is 0 Å². The lowest BCUT2D eigenvalue weighted by Gasteiger charge is -2.04. The first-order valence-corrected chi connectivity index (χ1v) is 8.97. The molecule has 2 aromatic carbocycles. The summed E-state index contributed by atoms with van der Waals surface area (Å²) in [5.41, 5.74) is 1.73. The molecular weight excluding hydrogens is 420 g/mol. The number of carboxylic acid groups (broad SMARTS) is 1. The van der Waals surface area contributed by atoms with Crippen molar-refractivity contribution in [1.82, 2.24) is 4.98 Å². The summed E-state index contributed by atoms with van der Waals surface area (Å²) in [6.07, 6.45) is 0.0386. The van der Waals surface area contributed by atoms with E-state index in [0.29, 0.717) is 42.7 Å². The van der Waals surface area contributed by atoms with Crippen LogP contribution in [0.25, 0.3) is 22.6 Å². The van der Waals surface area contributed by atoms with E-state index in [0.717, 1.165) is 0 Å². The van der Waals surface area contributed by atoms with Crippen LogP contribution in [0.1, 0.15) is 12.3 Å². The van der Waals surface area contributed by atoms with Crippen LogP contribution in [0.2, 0.25) is 20.1 Å². The second kappa shape index (κ2) is 7.89. The third-order valence-corrected chi connectivity index (χ3v) is 4.36. The van der Waals surface area contributed by atoms with Gasteiger partial charge in [-0.15, -0.1) is 0 Å². The van der Waals surface area contributed by atoms with Gasteiger partial charge in [-0.25, -0.2) is 4.98 Å². The Kier molecular flexibility index (Phi) is 5.78. The number of hydrogen-bond donors (Lipinski definition) is 1. The summed E-state index contributed by atoms with van der Waals surface area (Å²) in [6, 6.07) is 9.97. The van der Waals surface area contributed by atoms with Gasteiger partial charge >= 0.3 is 5.97 Å². The summed E-state index contributed by atoms with van der Waals surface area (Å²) in [4.78, 5) is 15.3. The minimum Gasteiger partial charge on any atom is -0.481 e. The van der Waals surface area contributed by atoms with E-state index in [9.17, 15) is 4.79 Å². The molecule has 1 heterocycles. The summed E-state index contributed by atoms with van der Waals surface area (Å²) in [5, 5.41) is 10.6. The third-order valence-electron chi connectivity index (χ3n) is 3.48. The Balaban J connectivity index is 2.15.